The van der Waals surface area contributed by atoms with Crippen molar-refractivity contribution in [1.82, 2.24) is 10.6 Å². The van der Waals surface area contributed by atoms with Gasteiger partial charge < -0.3 is 20.3 Å². The maximum Gasteiger partial charge on any atom is 0.314 e. The molecule has 2 saturated heterocycles. The summed E-state index contributed by atoms with van der Waals surface area (Å²) in [4.78, 5) is 14.6. The first kappa shape index (κ1) is 18.8. The predicted octanol–water partition coefficient (Wildman–Crippen LogP) is 3.38. The molecule has 28 heavy (non-hydrogen) atoms. The molecule has 1 unspecified atom stereocenters. The van der Waals surface area contributed by atoms with E-state index >= 15 is 0 Å². The fourth-order valence-corrected chi connectivity index (χ4v) is 4.18. The van der Waals surface area contributed by atoms with Crippen molar-refractivity contribution < 1.29 is 9.53 Å². The van der Waals surface area contributed by atoms with Crippen LogP contribution in [-0.4, -0.2) is 44.9 Å². The molecule has 0 spiro atoms. The monoisotopic (exact) mass is 379 g/mol. The zero-order chi connectivity index (χ0) is 19.2. The van der Waals surface area contributed by atoms with E-state index in [4.69, 9.17) is 4.74 Å². The highest BCUT2D eigenvalue weighted by atomic mass is 16.5. The maximum absolute atomic E-state index is 12.2. The van der Waals surface area contributed by atoms with Gasteiger partial charge in [0.15, 0.2) is 0 Å². The van der Waals surface area contributed by atoms with E-state index in [0.29, 0.717) is 24.9 Å². The number of hydrogen-bond donors (Lipinski definition) is 2. The van der Waals surface area contributed by atoms with Crippen LogP contribution in [0.4, 0.5) is 10.5 Å². The van der Waals surface area contributed by atoms with Crippen molar-refractivity contribution in [3.05, 3.63) is 66.2 Å². The van der Waals surface area contributed by atoms with Crippen LogP contribution in [0.2, 0.25) is 0 Å². The van der Waals surface area contributed by atoms with Crippen LogP contribution in [-0.2, 0) is 4.74 Å². The van der Waals surface area contributed by atoms with Gasteiger partial charge in [-0.25, -0.2) is 4.79 Å². The van der Waals surface area contributed by atoms with Crippen molar-refractivity contribution >= 4 is 11.7 Å². The van der Waals surface area contributed by atoms with E-state index in [9.17, 15) is 4.79 Å². The second-order valence-corrected chi connectivity index (χ2v) is 7.83. The Morgan fingerprint density at radius 2 is 1.71 bits per heavy atom. The quantitative estimate of drug-likeness (QED) is 0.809. The number of urea groups is 1. The van der Waals surface area contributed by atoms with Crippen LogP contribution in [0.3, 0.4) is 0 Å². The molecule has 2 aromatic carbocycles. The van der Waals surface area contributed by atoms with Gasteiger partial charge in [-0.3, -0.25) is 0 Å². The van der Waals surface area contributed by atoms with Crippen LogP contribution in [0.5, 0.6) is 0 Å². The van der Waals surface area contributed by atoms with Crippen LogP contribution < -0.4 is 15.5 Å². The van der Waals surface area contributed by atoms with E-state index in [1.807, 2.05) is 12.1 Å². The van der Waals surface area contributed by atoms with Gasteiger partial charge in [-0.15, -0.1) is 0 Å². The number of rotatable bonds is 6. The lowest BCUT2D eigenvalue weighted by atomic mass is 9.96. The minimum atomic E-state index is -0.0927. The van der Waals surface area contributed by atoms with Gasteiger partial charge in [-0.05, 0) is 36.5 Å². The third-order valence-corrected chi connectivity index (χ3v) is 5.80. The summed E-state index contributed by atoms with van der Waals surface area (Å²) in [5.74, 6) is 0.926. The molecule has 0 aliphatic carbocycles. The molecule has 2 N–H and O–H groups in total. The fourth-order valence-electron chi connectivity index (χ4n) is 4.18. The average Bonchev–Trinajstić information content (AvgIpc) is 3.42. The van der Waals surface area contributed by atoms with Gasteiger partial charge in [0, 0.05) is 37.8 Å². The third kappa shape index (κ3) is 4.84. The van der Waals surface area contributed by atoms with E-state index < -0.39 is 0 Å². The Hall–Kier alpha value is -2.53. The number of para-hydroxylation sites is 1. The summed E-state index contributed by atoms with van der Waals surface area (Å²) in [7, 11) is 0. The molecule has 2 amide bonds. The zero-order valence-corrected chi connectivity index (χ0v) is 16.2. The lowest BCUT2D eigenvalue weighted by Gasteiger charge is -2.19. The smallest absolute Gasteiger partial charge is 0.314 e. The predicted molar refractivity (Wildman–Crippen MR) is 112 cm³/mol. The van der Waals surface area contributed by atoms with E-state index in [1.165, 1.54) is 11.3 Å². The van der Waals surface area contributed by atoms with Crippen LogP contribution in [0, 0.1) is 5.92 Å². The van der Waals surface area contributed by atoms with Gasteiger partial charge in [-0.2, -0.15) is 0 Å². The standard InChI is InChI=1S/C23H29N3O2/c27-23(24-14-18-11-12-26(16-18)21-9-5-2-6-10-21)25-15-22-13-20(17-28-22)19-7-3-1-4-8-19/h1-10,18,20,22H,11-17H2,(H2,24,25,27)/t18?,20-,22-/m0/s1. The topological polar surface area (TPSA) is 53.6 Å². The molecule has 2 aliphatic heterocycles. The largest absolute Gasteiger partial charge is 0.376 e. The highest BCUT2D eigenvalue weighted by Crippen LogP contribution is 2.28. The number of nitrogens with one attached hydrogen (secondary N) is 2. The van der Waals surface area contributed by atoms with E-state index in [2.05, 4.69) is 64.1 Å². The summed E-state index contributed by atoms with van der Waals surface area (Å²) in [5.41, 5.74) is 2.58. The Morgan fingerprint density at radius 3 is 2.50 bits per heavy atom. The fraction of sp³-hybridized carbons (Fsp3) is 0.435. The molecule has 3 atom stereocenters. The number of benzene rings is 2. The molecule has 0 aromatic heterocycles. The first-order chi connectivity index (χ1) is 13.8. The van der Waals surface area contributed by atoms with Crippen LogP contribution >= 0.6 is 0 Å². The summed E-state index contributed by atoms with van der Waals surface area (Å²) < 4.78 is 5.86. The third-order valence-electron chi connectivity index (χ3n) is 5.80. The Morgan fingerprint density at radius 1 is 1.00 bits per heavy atom. The minimum absolute atomic E-state index is 0.0927. The van der Waals surface area contributed by atoms with Crippen LogP contribution in [0.25, 0.3) is 0 Å². The second kappa shape index (κ2) is 9.11. The number of anilines is 1. The molecule has 4 rings (SSSR count). The average molecular weight is 380 g/mol. The molecule has 2 heterocycles. The lowest BCUT2D eigenvalue weighted by Crippen LogP contribution is -2.41. The van der Waals surface area contributed by atoms with Crippen molar-refractivity contribution in [2.45, 2.75) is 24.9 Å². The molecule has 0 bridgehead atoms. The maximum atomic E-state index is 12.2. The number of hydrogen-bond acceptors (Lipinski definition) is 3. The molecule has 148 valence electrons. The molecule has 5 heteroatoms. The molecule has 2 aliphatic rings. The summed E-state index contributed by atoms with van der Waals surface area (Å²) in [6, 6.07) is 20.8. The molecular weight excluding hydrogens is 350 g/mol. The molecular formula is C23H29N3O2. The van der Waals surface area contributed by atoms with Gasteiger partial charge in [0.25, 0.3) is 0 Å². The van der Waals surface area contributed by atoms with Crippen molar-refractivity contribution in [3.8, 4) is 0 Å². The Bertz CT molecular complexity index is 689. The first-order valence-electron chi connectivity index (χ1n) is 10.3. The van der Waals surface area contributed by atoms with Crippen molar-refractivity contribution in [2.24, 2.45) is 5.92 Å². The highest BCUT2D eigenvalue weighted by Gasteiger charge is 2.27. The Kier molecular flexibility index (Phi) is 6.12. The summed E-state index contributed by atoms with van der Waals surface area (Å²) in [5, 5.41) is 6.01. The minimum Gasteiger partial charge on any atom is -0.376 e. The van der Waals surface area contributed by atoms with Crippen LogP contribution in [0.1, 0.15) is 24.3 Å². The number of carbonyl (C=O) groups is 1. The molecule has 5 nitrogen and oxygen atoms in total. The van der Waals surface area contributed by atoms with Gasteiger partial charge in [-0.1, -0.05) is 48.5 Å². The molecule has 0 saturated carbocycles. The summed E-state index contributed by atoms with van der Waals surface area (Å²) >= 11 is 0. The van der Waals surface area contributed by atoms with Gasteiger partial charge in [0.2, 0.25) is 0 Å². The highest BCUT2D eigenvalue weighted by molar-refractivity contribution is 5.73. The first-order valence-corrected chi connectivity index (χ1v) is 10.3. The molecule has 2 fully saturated rings. The number of carbonyl (C=O) groups excluding carboxylic acids is 1. The second-order valence-electron chi connectivity index (χ2n) is 7.83. The van der Waals surface area contributed by atoms with Gasteiger partial charge in [0.05, 0.1) is 12.7 Å². The summed E-state index contributed by atoms with van der Waals surface area (Å²) in [6.45, 7) is 4.06. The SMILES string of the molecule is O=C(NCC1CCN(c2ccccc2)C1)NC[C@@H]1C[C@H](c2ccccc2)CO1. The van der Waals surface area contributed by atoms with Crippen molar-refractivity contribution in [1.29, 1.82) is 0 Å². The van der Waals surface area contributed by atoms with E-state index in [0.717, 1.165) is 32.5 Å². The Balaban J connectivity index is 1.14. The summed E-state index contributed by atoms with van der Waals surface area (Å²) in [6.07, 6.45) is 2.16. The normalized spacial score (nSPS) is 24.3. The molecule has 0 radical (unpaired) electrons. The number of nitrogens with zero attached hydrogens (tertiary/aromatic N) is 1. The van der Waals surface area contributed by atoms with E-state index in [-0.39, 0.29) is 12.1 Å². The Labute approximate surface area is 167 Å². The van der Waals surface area contributed by atoms with E-state index in [1.54, 1.807) is 0 Å². The zero-order valence-electron chi connectivity index (χ0n) is 16.2. The van der Waals surface area contributed by atoms with Crippen molar-refractivity contribution in [2.75, 3.05) is 37.7 Å². The molecule has 2 aromatic rings. The van der Waals surface area contributed by atoms with Crippen LogP contribution in [0.15, 0.2) is 60.7 Å². The van der Waals surface area contributed by atoms with Gasteiger partial charge >= 0.3 is 6.03 Å². The van der Waals surface area contributed by atoms with Crippen molar-refractivity contribution in [3.63, 3.8) is 0 Å². The van der Waals surface area contributed by atoms with Gasteiger partial charge in [0.1, 0.15) is 0 Å². The lowest BCUT2D eigenvalue weighted by molar-refractivity contribution is 0.110. The number of amides is 2. The number of ether oxygens (including phenoxy) is 1.